The number of nitrogens with zero attached hydrogens (tertiary/aromatic N) is 5. The Morgan fingerprint density at radius 3 is 2.61 bits per heavy atom. The molecule has 3 aliphatic rings. The third kappa shape index (κ3) is 5.74. The van der Waals surface area contributed by atoms with E-state index in [0.29, 0.717) is 37.4 Å². The van der Waals surface area contributed by atoms with Crippen molar-refractivity contribution in [2.45, 2.75) is 56.6 Å². The van der Waals surface area contributed by atoms with E-state index in [9.17, 15) is 5.11 Å². The van der Waals surface area contributed by atoms with Crippen LogP contribution in [0, 0.1) is 29.4 Å². The SMILES string of the molecule is C#Cc1c(F)ccc2cc(O)cc(-c3nc(OC)c4c(N5CCCC(OC)(C(F)=C=C)C5)nc(OCC56CCCC5N(C)CCC6)nc4c3F)c12. The number of phenolic OH excluding ortho intramolecular Hbond substituents is 1. The van der Waals surface area contributed by atoms with Crippen LogP contribution in [0.2, 0.25) is 0 Å². The highest BCUT2D eigenvalue weighted by atomic mass is 19.1. The number of hydrogen-bond donors (Lipinski definition) is 1. The highest BCUT2D eigenvalue weighted by molar-refractivity contribution is 6.04. The molecule has 3 unspecified atom stereocenters. The van der Waals surface area contributed by atoms with Gasteiger partial charge in [-0.25, -0.2) is 13.8 Å². The molecule has 0 radical (unpaired) electrons. The number of anilines is 1. The Hall–Kier alpha value is -4.82. The second kappa shape index (κ2) is 13.4. The van der Waals surface area contributed by atoms with Crippen LogP contribution in [0.15, 0.2) is 42.4 Å². The minimum atomic E-state index is -1.36. The van der Waals surface area contributed by atoms with E-state index in [1.165, 1.54) is 38.5 Å². The number of halogens is 3. The lowest BCUT2D eigenvalue weighted by molar-refractivity contribution is -0.00639. The molecule has 2 aliphatic heterocycles. The van der Waals surface area contributed by atoms with Crippen molar-refractivity contribution in [2.75, 3.05) is 52.4 Å². The summed E-state index contributed by atoms with van der Waals surface area (Å²) in [4.78, 5) is 18.2. The molecule has 2 aromatic carbocycles. The number of aromatic hydroxyl groups is 1. The molecule has 3 fully saturated rings. The van der Waals surface area contributed by atoms with E-state index in [-0.39, 0.29) is 68.5 Å². The average Bonchev–Trinajstić information content (AvgIpc) is 3.59. The summed E-state index contributed by atoms with van der Waals surface area (Å²) in [5.41, 5.74) is 0.364. The van der Waals surface area contributed by atoms with E-state index < -0.39 is 23.1 Å². The summed E-state index contributed by atoms with van der Waals surface area (Å²) in [5.74, 6) is 0.110. The lowest BCUT2D eigenvalue weighted by Gasteiger charge is -2.44. The summed E-state index contributed by atoms with van der Waals surface area (Å²) in [7, 11) is 4.94. The van der Waals surface area contributed by atoms with Crippen LogP contribution in [0.3, 0.4) is 0 Å². The number of pyridine rings is 1. The van der Waals surface area contributed by atoms with Crippen LogP contribution in [0.25, 0.3) is 32.9 Å². The van der Waals surface area contributed by atoms with Gasteiger partial charge in [0, 0.05) is 36.1 Å². The second-order valence-electron chi connectivity index (χ2n) is 13.9. The van der Waals surface area contributed by atoms with E-state index in [2.05, 4.69) is 40.1 Å². The summed E-state index contributed by atoms with van der Waals surface area (Å²) in [5, 5.41) is 11.4. The van der Waals surface area contributed by atoms with Crippen molar-refractivity contribution in [3.05, 3.63) is 59.6 Å². The van der Waals surface area contributed by atoms with Gasteiger partial charge < -0.3 is 29.1 Å². The molecule has 1 saturated carbocycles. The molecule has 2 aromatic heterocycles. The first-order valence-electron chi connectivity index (χ1n) is 17.1. The smallest absolute Gasteiger partial charge is 0.319 e. The highest BCUT2D eigenvalue weighted by Gasteiger charge is 2.48. The number of benzene rings is 2. The molecule has 1 aliphatic carbocycles. The first-order chi connectivity index (χ1) is 24.6. The maximum Gasteiger partial charge on any atom is 0.319 e. The van der Waals surface area contributed by atoms with Gasteiger partial charge in [0.05, 0.1) is 25.8 Å². The van der Waals surface area contributed by atoms with Crippen molar-refractivity contribution in [2.24, 2.45) is 5.41 Å². The predicted octanol–water partition coefficient (Wildman–Crippen LogP) is 7.09. The molecule has 7 rings (SSSR count). The fraction of sp³-hybridized carbons (Fsp3) is 0.436. The Labute approximate surface area is 294 Å². The number of likely N-dealkylation sites (tertiary alicyclic amines) is 1. The van der Waals surface area contributed by atoms with Crippen LogP contribution >= 0.6 is 0 Å². The molecule has 0 bridgehead atoms. The first-order valence-corrected chi connectivity index (χ1v) is 17.1. The Morgan fingerprint density at radius 1 is 1.08 bits per heavy atom. The zero-order valence-corrected chi connectivity index (χ0v) is 29.0. The maximum atomic E-state index is 17.2. The van der Waals surface area contributed by atoms with E-state index in [1.54, 1.807) is 4.90 Å². The van der Waals surface area contributed by atoms with Gasteiger partial charge in [-0.05, 0) is 75.7 Å². The Bertz CT molecular complexity index is 2130. The van der Waals surface area contributed by atoms with Crippen LogP contribution in [-0.4, -0.2) is 84.1 Å². The van der Waals surface area contributed by atoms with Gasteiger partial charge in [0.2, 0.25) is 5.88 Å². The molecule has 9 nitrogen and oxygen atoms in total. The summed E-state index contributed by atoms with van der Waals surface area (Å²) in [6.07, 6.45) is 11.8. The van der Waals surface area contributed by atoms with Crippen LogP contribution in [-0.2, 0) is 4.74 Å². The quantitative estimate of drug-likeness (QED) is 0.153. The zero-order chi connectivity index (χ0) is 36.1. The summed E-state index contributed by atoms with van der Waals surface area (Å²) >= 11 is 0. The maximum absolute atomic E-state index is 17.2. The number of rotatable bonds is 8. The summed E-state index contributed by atoms with van der Waals surface area (Å²) in [6.45, 7) is 5.28. The molecular formula is C39H40F3N5O4. The van der Waals surface area contributed by atoms with Gasteiger partial charge in [-0.1, -0.05) is 30.7 Å². The second-order valence-corrected chi connectivity index (χ2v) is 13.9. The fourth-order valence-electron chi connectivity index (χ4n) is 8.66. The van der Waals surface area contributed by atoms with Crippen molar-refractivity contribution in [1.29, 1.82) is 0 Å². The Balaban J connectivity index is 1.45. The number of piperidine rings is 2. The van der Waals surface area contributed by atoms with Gasteiger partial charge in [0.25, 0.3) is 0 Å². The lowest BCUT2D eigenvalue weighted by Crippen LogP contribution is -2.50. The van der Waals surface area contributed by atoms with Gasteiger partial charge in [-0.2, -0.15) is 14.4 Å². The summed E-state index contributed by atoms with van der Waals surface area (Å²) in [6, 6.07) is 5.62. The van der Waals surface area contributed by atoms with Crippen LogP contribution in [0.1, 0.15) is 50.5 Å². The molecule has 3 atom stereocenters. The van der Waals surface area contributed by atoms with Crippen molar-refractivity contribution < 1.29 is 32.5 Å². The number of methoxy groups -OCH3 is 2. The Kier molecular flexibility index (Phi) is 9.08. The van der Waals surface area contributed by atoms with E-state index in [4.69, 9.17) is 25.6 Å². The average molecular weight is 700 g/mol. The molecule has 0 amide bonds. The van der Waals surface area contributed by atoms with Gasteiger partial charge in [-0.3, -0.25) is 0 Å². The molecule has 266 valence electrons. The van der Waals surface area contributed by atoms with E-state index in [0.717, 1.165) is 38.6 Å². The predicted molar refractivity (Wildman–Crippen MR) is 189 cm³/mol. The third-order valence-electron chi connectivity index (χ3n) is 11.1. The summed E-state index contributed by atoms with van der Waals surface area (Å²) < 4.78 is 65.5. The molecule has 4 heterocycles. The highest BCUT2D eigenvalue weighted by Crippen LogP contribution is 2.48. The number of terminal acetylenes is 1. The number of hydrogen-bond acceptors (Lipinski definition) is 9. The normalized spacial score (nSPS) is 23.5. The van der Waals surface area contributed by atoms with Gasteiger partial charge in [-0.15, -0.1) is 6.42 Å². The number of aromatic nitrogens is 3. The standard InChI is InChI=1S/C39H40F3N5O4/c1-6-25-27(40)13-12-23-19-24(48)20-26(30(23)25)33-32(42)34-31(36(43-33)49-4)35(47-18-10-16-39(21-47,50-5)28(41)7-2)45-37(44-34)51-22-38-14-8-11-29(38)46(3)17-9-15-38/h1,12-13,19-20,29,48H,2,8-11,14-18,21-22H2,3-5H3. The molecule has 12 heteroatoms. The Morgan fingerprint density at radius 2 is 1.86 bits per heavy atom. The van der Waals surface area contributed by atoms with Crippen LogP contribution < -0.4 is 14.4 Å². The fourth-order valence-corrected chi connectivity index (χ4v) is 8.66. The van der Waals surface area contributed by atoms with E-state index >= 15 is 13.2 Å². The van der Waals surface area contributed by atoms with Crippen molar-refractivity contribution in [1.82, 2.24) is 19.9 Å². The monoisotopic (exact) mass is 699 g/mol. The molecular weight excluding hydrogens is 659 g/mol. The van der Waals surface area contributed by atoms with Crippen LogP contribution in [0.4, 0.5) is 19.0 Å². The van der Waals surface area contributed by atoms with Crippen molar-refractivity contribution in [3.8, 4) is 41.2 Å². The lowest BCUT2D eigenvalue weighted by atomic mass is 9.76. The molecule has 51 heavy (non-hydrogen) atoms. The molecule has 0 spiro atoms. The largest absolute Gasteiger partial charge is 0.508 e. The number of phenols is 1. The minimum Gasteiger partial charge on any atom is -0.508 e. The molecule has 1 N–H and O–H groups in total. The molecule has 2 saturated heterocycles. The van der Waals surface area contributed by atoms with E-state index in [1.807, 2.05) is 0 Å². The third-order valence-corrected chi connectivity index (χ3v) is 11.1. The molecule has 4 aromatic rings. The van der Waals surface area contributed by atoms with Crippen molar-refractivity contribution in [3.63, 3.8) is 0 Å². The first kappa shape index (κ1) is 34.6. The topological polar surface area (TPSA) is 93.1 Å². The number of fused-ring (bicyclic) bond motifs is 3. The van der Waals surface area contributed by atoms with Gasteiger partial charge in [0.1, 0.15) is 39.6 Å². The van der Waals surface area contributed by atoms with Gasteiger partial charge >= 0.3 is 6.01 Å². The van der Waals surface area contributed by atoms with Gasteiger partial charge in [0.15, 0.2) is 11.6 Å². The minimum absolute atomic E-state index is 0.00867. The number of ether oxygens (including phenoxy) is 3. The van der Waals surface area contributed by atoms with Crippen molar-refractivity contribution >= 4 is 27.5 Å². The van der Waals surface area contributed by atoms with Crippen LogP contribution in [0.5, 0.6) is 17.6 Å². The zero-order valence-electron chi connectivity index (χ0n) is 29.0.